The van der Waals surface area contributed by atoms with E-state index in [-0.39, 0.29) is 9.75 Å². The van der Waals surface area contributed by atoms with Gasteiger partial charge in [0.05, 0.1) is 12.0 Å². The van der Waals surface area contributed by atoms with E-state index in [0.717, 1.165) is 18.4 Å². The van der Waals surface area contributed by atoms with Gasteiger partial charge in [-0.05, 0) is 12.1 Å². The van der Waals surface area contributed by atoms with Crippen LogP contribution in [0.5, 0.6) is 0 Å². The molecule has 1 rings (SSSR count). The molecule has 1 heterocycles. The van der Waals surface area contributed by atoms with Crippen LogP contribution in [0.15, 0.2) is 12.1 Å². The number of ether oxygens (including phenoxy) is 1. The van der Waals surface area contributed by atoms with Crippen molar-refractivity contribution in [3.8, 4) is 0 Å². The number of carbonyl (C=O) groups excluding carboxylic acids is 2. The van der Waals surface area contributed by atoms with E-state index in [2.05, 4.69) is 4.74 Å². The molecule has 2 unspecified atom stereocenters. The van der Waals surface area contributed by atoms with Gasteiger partial charge in [0.15, 0.2) is 6.10 Å². The maximum Gasteiger partial charge on any atom is 0.337 e. The van der Waals surface area contributed by atoms with E-state index in [1.165, 1.54) is 12.1 Å². The number of methoxy groups -OCH3 is 1. The molecular formula is C9H12N2O5S. The molecule has 0 radical (unpaired) electrons. The first-order valence-electron chi connectivity index (χ1n) is 4.56. The highest BCUT2D eigenvalue weighted by atomic mass is 32.1. The van der Waals surface area contributed by atoms with Crippen LogP contribution in [0.1, 0.15) is 20.7 Å². The van der Waals surface area contributed by atoms with Crippen molar-refractivity contribution in [3.63, 3.8) is 0 Å². The second-order valence-corrected chi connectivity index (χ2v) is 4.20. The van der Waals surface area contributed by atoms with Crippen LogP contribution in [-0.4, -0.2) is 35.3 Å². The first kappa shape index (κ1) is 13.6. The number of aliphatic hydroxyl groups is 2. The van der Waals surface area contributed by atoms with Crippen LogP contribution < -0.4 is 11.3 Å². The first-order valence-corrected chi connectivity index (χ1v) is 5.37. The van der Waals surface area contributed by atoms with Gasteiger partial charge in [-0.15, -0.1) is 11.3 Å². The molecule has 0 aliphatic rings. The van der Waals surface area contributed by atoms with Crippen molar-refractivity contribution in [1.29, 1.82) is 0 Å². The zero-order valence-electron chi connectivity index (χ0n) is 8.91. The van der Waals surface area contributed by atoms with Gasteiger partial charge in [0.25, 0.3) is 5.91 Å². The summed E-state index contributed by atoms with van der Waals surface area (Å²) in [5, 5.41) is 19.1. The van der Waals surface area contributed by atoms with Gasteiger partial charge < -0.3 is 14.9 Å². The first-order chi connectivity index (χ1) is 8.01. The summed E-state index contributed by atoms with van der Waals surface area (Å²) >= 11 is 0.920. The van der Waals surface area contributed by atoms with E-state index in [1.807, 2.05) is 5.43 Å². The smallest absolute Gasteiger partial charge is 0.337 e. The number of rotatable bonds is 4. The number of carbonyl (C=O) groups is 2. The standard InChI is InChI=1S/C9H12N2O5S/c1-16-9(15)7(13)6(12)4-2-3-5(17-4)8(14)11-10/h2-3,6-7,12-13H,10H2,1H3,(H,11,14). The summed E-state index contributed by atoms with van der Waals surface area (Å²) in [5.41, 5.74) is 1.93. The fraction of sp³-hybridized carbons (Fsp3) is 0.333. The maximum atomic E-state index is 11.1. The van der Waals surface area contributed by atoms with Crippen molar-refractivity contribution in [2.24, 2.45) is 5.84 Å². The monoisotopic (exact) mass is 260 g/mol. The second kappa shape index (κ2) is 5.73. The van der Waals surface area contributed by atoms with Crippen LogP contribution in [0, 0.1) is 0 Å². The molecule has 0 aliphatic carbocycles. The lowest BCUT2D eigenvalue weighted by Gasteiger charge is -2.13. The van der Waals surface area contributed by atoms with Crippen molar-refractivity contribution in [2.75, 3.05) is 7.11 Å². The number of nitrogen functional groups attached to an aromatic ring is 1. The van der Waals surface area contributed by atoms with Crippen molar-refractivity contribution in [3.05, 3.63) is 21.9 Å². The van der Waals surface area contributed by atoms with Crippen molar-refractivity contribution in [2.45, 2.75) is 12.2 Å². The van der Waals surface area contributed by atoms with Gasteiger partial charge in [-0.25, -0.2) is 10.6 Å². The average molecular weight is 260 g/mol. The minimum Gasteiger partial charge on any atom is -0.467 e. The minimum atomic E-state index is -1.69. The molecular weight excluding hydrogens is 248 g/mol. The van der Waals surface area contributed by atoms with Gasteiger partial charge >= 0.3 is 5.97 Å². The average Bonchev–Trinajstić information content (AvgIpc) is 2.84. The third-order valence-corrected chi connectivity index (χ3v) is 3.17. The number of thiophene rings is 1. The zero-order valence-corrected chi connectivity index (χ0v) is 9.73. The molecule has 0 fully saturated rings. The SMILES string of the molecule is COC(=O)C(O)C(O)c1ccc(C(=O)NN)s1. The Bertz CT molecular complexity index is 419. The van der Waals surface area contributed by atoms with Crippen LogP contribution in [0.3, 0.4) is 0 Å². The summed E-state index contributed by atoms with van der Waals surface area (Å²) in [6.07, 6.45) is -3.13. The van der Waals surface area contributed by atoms with Crippen LogP contribution in [0.4, 0.5) is 0 Å². The Morgan fingerprint density at radius 3 is 2.65 bits per heavy atom. The highest BCUT2D eigenvalue weighted by Gasteiger charge is 2.28. The van der Waals surface area contributed by atoms with Crippen molar-refractivity contribution >= 4 is 23.2 Å². The number of nitrogens with two attached hydrogens (primary N) is 1. The van der Waals surface area contributed by atoms with Gasteiger partial charge in [0.2, 0.25) is 0 Å². The zero-order chi connectivity index (χ0) is 13.0. The molecule has 17 heavy (non-hydrogen) atoms. The molecule has 0 saturated carbocycles. The molecule has 0 spiro atoms. The molecule has 7 nitrogen and oxygen atoms in total. The van der Waals surface area contributed by atoms with E-state index in [1.54, 1.807) is 0 Å². The Morgan fingerprint density at radius 2 is 2.12 bits per heavy atom. The molecule has 8 heteroatoms. The minimum absolute atomic E-state index is 0.263. The molecule has 0 aliphatic heterocycles. The second-order valence-electron chi connectivity index (χ2n) is 3.09. The number of hydrogen-bond acceptors (Lipinski definition) is 7. The van der Waals surface area contributed by atoms with Gasteiger partial charge in [-0.2, -0.15) is 0 Å². The van der Waals surface area contributed by atoms with E-state index in [4.69, 9.17) is 5.84 Å². The molecule has 0 saturated heterocycles. The fourth-order valence-electron chi connectivity index (χ4n) is 1.11. The fourth-order valence-corrected chi connectivity index (χ4v) is 2.04. The summed E-state index contributed by atoms with van der Waals surface area (Å²) in [6.45, 7) is 0. The molecule has 1 aromatic heterocycles. The summed E-state index contributed by atoms with van der Waals surface area (Å²) in [4.78, 5) is 22.7. The number of esters is 1. The highest BCUT2D eigenvalue weighted by Crippen LogP contribution is 2.26. The predicted molar refractivity (Wildman–Crippen MR) is 59.0 cm³/mol. The number of aliphatic hydroxyl groups excluding tert-OH is 2. The highest BCUT2D eigenvalue weighted by molar-refractivity contribution is 7.14. The lowest BCUT2D eigenvalue weighted by Crippen LogP contribution is -2.29. The molecule has 0 bridgehead atoms. The topological polar surface area (TPSA) is 122 Å². The Balaban J connectivity index is 2.83. The lowest BCUT2D eigenvalue weighted by atomic mass is 10.2. The van der Waals surface area contributed by atoms with Gasteiger partial charge in [-0.3, -0.25) is 10.2 Å². The Labute approximate surface area is 101 Å². The van der Waals surface area contributed by atoms with Gasteiger partial charge in [0.1, 0.15) is 6.10 Å². The molecule has 2 atom stereocenters. The molecule has 5 N–H and O–H groups in total. The van der Waals surface area contributed by atoms with E-state index in [9.17, 15) is 19.8 Å². The largest absolute Gasteiger partial charge is 0.467 e. The number of hydrogen-bond donors (Lipinski definition) is 4. The summed E-state index contributed by atoms with van der Waals surface area (Å²) in [5.74, 6) is 3.48. The number of amides is 1. The summed E-state index contributed by atoms with van der Waals surface area (Å²) in [6, 6.07) is 2.85. The van der Waals surface area contributed by atoms with E-state index >= 15 is 0 Å². The van der Waals surface area contributed by atoms with Crippen LogP contribution >= 0.6 is 11.3 Å². The predicted octanol–water partition coefficient (Wildman–Crippen LogP) is -1.08. The molecule has 94 valence electrons. The summed E-state index contributed by atoms with van der Waals surface area (Å²) in [7, 11) is 1.10. The van der Waals surface area contributed by atoms with Crippen molar-refractivity contribution in [1.82, 2.24) is 5.43 Å². The Hall–Kier alpha value is -1.48. The number of nitrogens with one attached hydrogen (secondary N) is 1. The molecule has 1 aromatic rings. The quantitative estimate of drug-likeness (QED) is 0.236. The Kier molecular flexibility index (Phi) is 4.58. The normalized spacial score (nSPS) is 13.9. The molecule has 1 amide bonds. The van der Waals surface area contributed by atoms with Gasteiger partial charge in [-0.1, -0.05) is 0 Å². The van der Waals surface area contributed by atoms with Crippen molar-refractivity contribution < 1.29 is 24.5 Å². The van der Waals surface area contributed by atoms with E-state index < -0.39 is 24.1 Å². The summed E-state index contributed by atoms with van der Waals surface area (Å²) < 4.78 is 4.29. The van der Waals surface area contributed by atoms with E-state index in [0.29, 0.717) is 0 Å². The van der Waals surface area contributed by atoms with Crippen LogP contribution in [0.25, 0.3) is 0 Å². The maximum absolute atomic E-state index is 11.1. The van der Waals surface area contributed by atoms with Gasteiger partial charge in [0, 0.05) is 4.88 Å². The van der Waals surface area contributed by atoms with Crippen LogP contribution in [-0.2, 0) is 9.53 Å². The lowest BCUT2D eigenvalue weighted by molar-refractivity contribution is -0.156. The number of hydrazine groups is 1. The Morgan fingerprint density at radius 1 is 1.47 bits per heavy atom. The third-order valence-electron chi connectivity index (χ3n) is 2.01. The van der Waals surface area contributed by atoms with Crippen LogP contribution in [0.2, 0.25) is 0 Å². The molecule has 0 aromatic carbocycles. The third kappa shape index (κ3) is 3.01.